The Morgan fingerprint density at radius 3 is 2.44 bits per heavy atom. The van der Waals surface area contributed by atoms with Gasteiger partial charge in [0.2, 0.25) is 0 Å². The number of anilines is 2. The lowest BCUT2D eigenvalue weighted by Crippen LogP contribution is -2.12. The van der Waals surface area contributed by atoms with Crippen molar-refractivity contribution < 1.29 is 13.6 Å². The van der Waals surface area contributed by atoms with Crippen molar-refractivity contribution in [3.05, 3.63) is 95.1 Å². The Morgan fingerprint density at radius 1 is 0.963 bits per heavy atom. The maximum absolute atomic E-state index is 13.2. The van der Waals surface area contributed by atoms with E-state index in [1.807, 2.05) is 12.1 Å². The molecule has 0 aliphatic carbocycles. The van der Waals surface area contributed by atoms with Gasteiger partial charge in [0.15, 0.2) is 0 Å². The number of nitrogens with zero attached hydrogens (tertiary/aromatic N) is 1. The molecule has 2 N–H and O–H groups in total. The van der Waals surface area contributed by atoms with E-state index in [-0.39, 0.29) is 11.5 Å². The van der Waals surface area contributed by atoms with Crippen LogP contribution in [0.25, 0.3) is 0 Å². The fourth-order valence-corrected chi connectivity index (χ4v) is 2.52. The molecule has 0 radical (unpaired) electrons. The van der Waals surface area contributed by atoms with Crippen LogP contribution < -0.4 is 10.6 Å². The van der Waals surface area contributed by atoms with Gasteiger partial charge in [-0.05, 0) is 60.2 Å². The number of benzene rings is 3. The molecule has 0 aromatic heterocycles. The minimum absolute atomic E-state index is 0.218. The normalized spacial score (nSPS) is 10.1. The first-order chi connectivity index (χ1) is 13.0. The summed E-state index contributed by atoms with van der Waals surface area (Å²) in [6, 6.07) is 18.3. The third kappa shape index (κ3) is 4.67. The smallest absolute Gasteiger partial charge is 0.255 e. The summed E-state index contributed by atoms with van der Waals surface area (Å²) in [6.07, 6.45) is 0. The minimum Gasteiger partial charge on any atom is -0.380 e. The highest BCUT2D eigenvalue weighted by molar-refractivity contribution is 6.04. The van der Waals surface area contributed by atoms with Gasteiger partial charge in [-0.2, -0.15) is 5.26 Å². The zero-order valence-corrected chi connectivity index (χ0v) is 14.2. The number of halogens is 2. The molecule has 0 aliphatic rings. The van der Waals surface area contributed by atoms with Crippen LogP contribution in [0.2, 0.25) is 0 Å². The predicted octanol–water partition coefficient (Wildman–Crippen LogP) is 4.70. The van der Waals surface area contributed by atoms with Gasteiger partial charge in [0, 0.05) is 17.8 Å². The Labute approximate surface area is 155 Å². The lowest BCUT2D eigenvalue weighted by atomic mass is 10.1. The largest absolute Gasteiger partial charge is 0.380 e. The molecular formula is C21H15F2N3O. The summed E-state index contributed by atoms with van der Waals surface area (Å²) in [7, 11) is 0. The summed E-state index contributed by atoms with van der Waals surface area (Å²) >= 11 is 0. The molecule has 1 amide bonds. The highest BCUT2D eigenvalue weighted by Crippen LogP contribution is 2.18. The van der Waals surface area contributed by atoms with E-state index < -0.39 is 11.6 Å². The highest BCUT2D eigenvalue weighted by Gasteiger charge is 2.07. The van der Waals surface area contributed by atoms with Crippen molar-refractivity contribution in [3.8, 4) is 6.07 Å². The van der Waals surface area contributed by atoms with Crippen LogP contribution >= 0.6 is 0 Å². The van der Waals surface area contributed by atoms with Crippen LogP contribution in [0.5, 0.6) is 0 Å². The van der Waals surface area contributed by atoms with Gasteiger partial charge in [0.1, 0.15) is 17.7 Å². The molecule has 0 saturated carbocycles. The molecule has 6 heteroatoms. The number of rotatable bonds is 5. The Balaban J connectivity index is 1.68. The molecular weight excluding hydrogens is 348 g/mol. The maximum atomic E-state index is 13.2. The van der Waals surface area contributed by atoms with E-state index in [0.717, 1.165) is 5.56 Å². The van der Waals surface area contributed by atoms with Gasteiger partial charge in [-0.15, -0.1) is 0 Å². The van der Waals surface area contributed by atoms with Crippen molar-refractivity contribution in [1.82, 2.24) is 0 Å². The molecule has 0 saturated heterocycles. The van der Waals surface area contributed by atoms with E-state index in [1.54, 1.807) is 18.2 Å². The summed E-state index contributed by atoms with van der Waals surface area (Å²) in [5, 5.41) is 14.9. The molecule has 0 unspecified atom stereocenters. The second kappa shape index (κ2) is 8.11. The van der Waals surface area contributed by atoms with E-state index in [2.05, 4.69) is 10.6 Å². The first-order valence-corrected chi connectivity index (χ1v) is 8.14. The molecule has 0 bridgehead atoms. The maximum Gasteiger partial charge on any atom is 0.255 e. The van der Waals surface area contributed by atoms with Crippen molar-refractivity contribution in [3.63, 3.8) is 0 Å². The molecule has 4 nitrogen and oxygen atoms in total. The molecule has 134 valence electrons. The first kappa shape index (κ1) is 18.1. The number of amides is 1. The molecule has 27 heavy (non-hydrogen) atoms. The highest BCUT2D eigenvalue weighted by atomic mass is 19.1. The number of nitriles is 1. The average molecular weight is 363 g/mol. The fourth-order valence-electron chi connectivity index (χ4n) is 2.52. The SMILES string of the molecule is N#Cc1cc(F)ccc1NCc1cccc(NC(=O)c2ccc(F)cc2)c1. The van der Waals surface area contributed by atoms with Crippen molar-refractivity contribution in [2.24, 2.45) is 0 Å². The van der Waals surface area contributed by atoms with Crippen LogP contribution in [0.4, 0.5) is 20.2 Å². The zero-order chi connectivity index (χ0) is 19.2. The third-order valence-electron chi connectivity index (χ3n) is 3.88. The molecule has 0 fully saturated rings. The van der Waals surface area contributed by atoms with E-state index >= 15 is 0 Å². The first-order valence-electron chi connectivity index (χ1n) is 8.14. The Hall–Kier alpha value is -3.72. The monoisotopic (exact) mass is 363 g/mol. The lowest BCUT2D eigenvalue weighted by Gasteiger charge is -2.10. The minimum atomic E-state index is -0.470. The van der Waals surface area contributed by atoms with Crippen molar-refractivity contribution in [2.75, 3.05) is 10.6 Å². The summed E-state index contributed by atoms with van der Waals surface area (Å²) in [5.74, 6) is -1.22. The Bertz CT molecular complexity index is 1010. The molecule has 0 heterocycles. The van der Waals surface area contributed by atoms with E-state index in [4.69, 9.17) is 5.26 Å². The van der Waals surface area contributed by atoms with Gasteiger partial charge < -0.3 is 10.6 Å². The second-order valence-corrected chi connectivity index (χ2v) is 5.82. The van der Waals surface area contributed by atoms with Crippen LogP contribution in [0.1, 0.15) is 21.5 Å². The Kier molecular flexibility index (Phi) is 5.43. The third-order valence-corrected chi connectivity index (χ3v) is 3.88. The quantitative estimate of drug-likeness (QED) is 0.690. The summed E-state index contributed by atoms with van der Waals surface area (Å²) in [5.41, 5.74) is 2.55. The number of hydrogen-bond donors (Lipinski definition) is 2. The van der Waals surface area contributed by atoms with Crippen LogP contribution in [0.3, 0.4) is 0 Å². The second-order valence-electron chi connectivity index (χ2n) is 5.82. The van der Waals surface area contributed by atoms with E-state index in [0.29, 0.717) is 23.5 Å². The molecule has 0 atom stereocenters. The van der Waals surface area contributed by atoms with Gasteiger partial charge in [-0.1, -0.05) is 12.1 Å². The number of carbonyl (C=O) groups excluding carboxylic acids is 1. The molecule has 0 spiro atoms. The predicted molar refractivity (Wildman–Crippen MR) is 99.2 cm³/mol. The fraction of sp³-hybridized carbons (Fsp3) is 0.0476. The van der Waals surface area contributed by atoms with Crippen molar-refractivity contribution in [2.45, 2.75) is 6.54 Å². The van der Waals surface area contributed by atoms with Gasteiger partial charge in [0.05, 0.1) is 11.3 Å². The van der Waals surface area contributed by atoms with Gasteiger partial charge in [0.25, 0.3) is 5.91 Å². The van der Waals surface area contributed by atoms with Gasteiger partial charge in [-0.25, -0.2) is 8.78 Å². The lowest BCUT2D eigenvalue weighted by molar-refractivity contribution is 0.102. The molecule has 3 aromatic carbocycles. The van der Waals surface area contributed by atoms with Gasteiger partial charge in [-0.3, -0.25) is 4.79 Å². The van der Waals surface area contributed by atoms with Crippen LogP contribution in [-0.2, 0) is 6.54 Å². The summed E-state index contributed by atoms with van der Waals surface area (Å²) < 4.78 is 26.1. The van der Waals surface area contributed by atoms with E-state index in [1.165, 1.54) is 42.5 Å². The topological polar surface area (TPSA) is 64.9 Å². The van der Waals surface area contributed by atoms with Crippen molar-refractivity contribution >= 4 is 17.3 Å². The summed E-state index contributed by atoms with van der Waals surface area (Å²) in [4.78, 5) is 12.2. The van der Waals surface area contributed by atoms with E-state index in [9.17, 15) is 13.6 Å². The van der Waals surface area contributed by atoms with Crippen LogP contribution in [0.15, 0.2) is 66.7 Å². The van der Waals surface area contributed by atoms with Crippen molar-refractivity contribution in [1.29, 1.82) is 5.26 Å². The van der Waals surface area contributed by atoms with Crippen LogP contribution in [0, 0.1) is 23.0 Å². The number of nitrogens with one attached hydrogen (secondary N) is 2. The zero-order valence-electron chi connectivity index (χ0n) is 14.2. The summed E-state index contributed by atoms with van der Waals surface area (Å²) in [6.45, 7) is 0.389. The van der Waals surface area contributed by atoms with Crippen LogP contribution in [-0.4, -0.2) is 5.91 Å². The number of hydrogen-bond acceptors (Lipinski definition) is 3. The standard InChI is InChI=1S/C21H15F2N3O/c22-17-6-4-15(5-7-17)21(27)26-19-3-1-2-14(10-19)13-25-20-9-8-18(23)11-16(20)12-24/h1-11,25H,13H2,(H,26,27). The Morgan fingerprint density at radius 2 is 1.70 bits per heavy atom. The molecule has 0 aliphatic heterocycles. The number of carbonyl (C=O) groups is 1. The molecule has 3 rings (SSSR count). The molecule has 3 aromatic rings. The van der Waals surface area contributed by atoms with Gasteiger partial charge >= 0.3 is 0 Å². The average Bonchev–Trinajstić information content (AvgIpc) is 2.67.